The molecule has 0 saturated carbocycles. The maximum Gasteiger partial charge on any atom is 0.230 e. The largest absolute Gasteiger partial charge is 0.497 e. The molecule has 1 aliphatic rings. The van der Waals surface area contributed by atoms with Crippen molar-refractivity contribution in [2.75, 3.05) is 23.9 Å². The van der Waals surface area contributed by atoms with Crippen LogP contribution in [0, 0.1) is 12.8 Å². The number of benzene rings is 1. The lowest BCUT2D eigenvalue weighted by molar-refractivity contribution is -0.122. The van der Waals surface area contributed by atoms with Crippen LogP contribution in [-0.4, -0.2) is 35.2 Å². The first-order valence-corrected chi connectivity index (χ1v) is 7.74. The Hall–Kier alpha value is -2.83. The Balaban J connectivity index is 1.69. The molecule has 1 N–H and O–H groups in total. The molecule has 24 heavy (non-hydrogen) atoms. The van der Waals surface area contributed by atoms with Crippen molar-refractivity contribution in [3.8, 4) is 5.75 Å². The van der Waals surface area contributed by atoms with E-state index in [1.165, 1.54) is 0 Å². The number of aromatic nitrogens is 2. The molecule has 0 spiro atoms. The molecule has 1 saturated heterocycles. The second kappa shape index (κ2) is 6.35. The third-order valence-corrected chi connectivity index (χ3v) is 4.13. The predicted molar refractivity (Wildman–Crippen MR) is 90.0 cm³/mol. The summed E-state index contributed by atoms with van der Waals surface area (Å²) in [5.41, 5.74) is 1.60. The normalized spacial score (nSPS) is 17.2. The van der Waals surface area contributed by atoms with Crippen LogP contribution in [0.5, 0.6) is 5.75 Å². The first-order chi connectivity index (χ1) is 11.5. The Morgan fingerprint density at radius 1 is 1.33 bits per heavy atom. The van der Waals surface area contributed by atoms with Gasteiger partial charge in [-0.2, -0.15) is 5.10 Å². The van der Waals surface area contributed by atoms with E-state index in [9.17, 15) is 9.59 Å². The number of amides is 2. The van der Waals surface area contributed by atoms with E-state index in [0.717, 1.165) is 17.1 Å². The van der Waals surface area contributed by atoms with Crippen molar-refractivity contribution in [3.05, 3.63) is 36.0 Å². The molecule has 0 radical (unpaired) electrons. The van der Waals surface area contributed by atoms with Crippen molar-refractivity contribution in [1.82, 2.24) is 9.78 Å². The van der Waals surface area contributed by atoms with Crippen LogP contribution in [-0.2, 0) is 16.6 Å². The zero-order valence-electron chi connectivity index (χ0n) is 13.9. The van der Waals surface area contributed by atoms with Crippen molar-refractivity contribution >= 4 is 23.3 Å². The van der Waals surface area contributed by atoms with E-state index in [1.54, 1.807) is 41.9 Å². The number of methoxy groups -OCH3 is 1. The lowest BCUT2D eigenvalue weighted by atomic mass is 10.1. The van der Waals surface area contributed by atoms with Gasteiger partial charge in [0, 0.05) is 31.8 Å². The smallest absolute Gasteiger partial charge is 0.230 e. The molecule has 0 aliphatic carbocycles. The van der Waals surface area contributed by atoms with E-state index < -0.39 is 0 Å². The van der Waals surface area contributed by atoms with Crippen LogP contribution >= 0.6 is 0 Å². The average Bonchev–Trinajstić information content (AvgIpc) is 3.10. The fraction of sp³-hybridized carbons (Fsp3) is 0.353. The van der Waals surface area contributed by atoms with Crippen LogP contribution < -0.4 is 15.0 Å². The second-order valence-electron chi connectivity index (χ2n) is 5.89. The number of hydrogen-bond acceptors (Lipinski definition) is 4. The topological polar surface area (TPSA) is 76.5 Å². The van der Waals surface area contributed by atoms with Gasteiger partial charge in [-0.1, -0.05) is 0 Å². The SMILES string of the molecule is COc1ccc(N2C[C@@H](C(=O)Nc3cc(C)nn3C)CC2=O)cc1. The molecular formula is C17H20N4O3. The number of rotatable bonds is 4. The molecule has 2 aromatic rings. The Bertz CT molecular complexity index is 767. The Morgan fingerprint density at radius 2 is 2.04 bits per heavy atom. The van der Waals surface area contributed by atoms with Crippen LogP contribution in [0.15, 0.2) is 30.3 Å². The standard InChI is InChI=1S/C17H20N4O3/c1-11-8-15(20(2)19-11)18-17(23)12-9-16(22)21(10-12)13-4-6-14(24-3)7-5-13/h4-8,12H,9-10H2,1-3H3,(H,18,23)/t12-/m0/s1. The molecule has 126 valence electrons. The number of anilines is 2. The Morgan fingerprint density at radius 3 is 2.62 bits per heavy atom. The van der Waals surface area contributed by atoms with Gasteiger partial charge in [0.15, 0.2) is 0 Å². The quantitative estimate of drug-likeness (QED) is 0.927. The highest BCUT2D eigenvalue weighted by molar-refractivity contribution is 6.03. The first-order valence-electron chi connectivity index (χ1n) is 7.74. The molecule has 1 aromatic heterocycles. The van der Waals surface area contributed by atoms with Gasteiger partial charge in [-0.05, 0) is 31.2 Å². The van der Waals surface area contributed by atoms with Crippen LogP contribution in [0.2, 0.25) is 0 Å². The van der Waals surface area contributed by atoms with Crippen LogP contribution in [0.1, 0.15) is 12.1 Å². The van der Waals surface area contributed by atoms with Crippen LogP contribution in [0.4, 0.5) is 11.5 Å². The summed E-state index contributed by atoms with van der Waals surface area (Å²) in [6.07, 6.45) is 0.203. The summed E-state index contributed by atoms with van der Waals surface area (Å²) in [5, 5.41) is 7.04. The summed E-state index contributed by atoms with van der Waals surface area (Å²) in [6, 6.07) is 9.04. The van der Waals surface area contributed by atoms with Gasteiger partial charge in [0.05, 0.1) is 18.7 Å². The molecule has 3 rings (SSSR count). The minimum Gasteiger partial charge on any atom is -0.497 e. The third kappa shape index (κ3) is 3.10. The minimum absolute atomic E-state index is 0.0542. The van der Waals surface area contributed by atoms with Gasteiger partial charge in [-0.3, -0.25) is 14.3 Å². The number of ether oxygens (including phenoxy) is 1. The number of nitrogens with zero attached hydrogens (tertiary/aromatic N) is 3. The average molecular weight is 328 g/mol. The van der Waals surface area contributed by atoms with Gasteiger partial charge >= 0.3 is 0 Å². The van der Waals surface area contributed by atoms with E-state index in [1.807, 2.05) is 19.1 Å². The highest BCUT2D eigenvalue weighted by atomic mass is 16.5. The number of aryl methyl sites for hydroxylation is 2. The van der Waals surface area contributed by atoms with Crippen LogP contribution in [0.3, 0.4) is 0 Å². The van der Waals surface area contributed by atoms with Gasteiger partial charge in [-0.25, -0.2) is 0 Å². The van der Waals surface area contributed by atoms with E-state index in [0.29, 0.717) is 12.4 Å². The fourth-order valence-corrected chi connectivity index (χ4v) is 2.85. The van der Waals surface area contributed by atoms with Crippen molar-refractivity contribution in [1.29, 1.82) is 0 Å². The Kier molecular flexibility index (Phi) is 4.24. The van der Waals surface area contributed by atoms with Crippen molar-refractivity contribution < 1.29 is 14.3 Å². The Labute approximate surface area is 140 Å². The number of carbonyl (C=O) groups is 2. The first kappa shape index (κ1) is 16.0. The maximum absolute atomic E-state index is 12.4. The highest BCUT2D eigenvalue weighted by Gasteiger charge is 2.35. The molecule has 0 unspecified atom stereocenters. The van der Waals surface area contributed by atoms with Gasteiger partial charge in [0.2, 0.25) is 11.8 Å². The van der Waals surface area contributed by atoms with E-state index in [-0.39, 0.29) is 24.2 Å². The van der Waals surface area contributed by atoms with Crippen LogP contribution in [0.25, 0.3) is 0 Å². The van der Waals surface area contributed by atoms with E-state index in [4.69, 9.17) is 4.74 Å². The summed E-state index contributed by atoms with van der Waals surface area (Å²) in [6.45, 7) is 2.23. The third-order valence-electron chi connectivity index (χ3n) is 4.13. The van der Waals surface area contributed by atoms with Gasteiger partial charge in [-0.15, -0.1) is 0 Å². The summed E-state index contributed by atoms with van der Waals surface area (Å²) in [5.74, 6) is 0.762. The van der Waals surface area contributed by atoms with Crippen molar-refractivity contribution in [2.45, 2.75) is 13.3 Å². The highest BCUT2D eigenvalue weighted by Crippen LogP contribution is 2.27. The summed E-state index contributed by atoms with van der Waals surface area (Å²) < 4.78 is 6.74. The second-order valence-corrected chi connectivity index (χ2v) is 5.89. The van der Waals surface area contributed by atoms with Gasteiger partial charge in [0.25, 0.3) is 0 Å². The lowest BCUT2D eigenvalue weighted by Crippen LogP contribution is -2.28. The summed E-state index contributed by atoms with van der Waals surface area (Å²) in [4.78, 5) is 26.3. The summed E-state index contributed by atoms with van der Waals surface area (Å²) in [7, 11) is 3.36. The molecule has 2 amide bonds. The van der Waals surface area contributed by atoms with Crippen molar-refractivity contribution in [2.24, 2.45) is 13.0 Å². The lowest BCUT2D eigenvalue weighted by Gasteiger charge is -2.17. The zero-order chi connectivity index (χ0) is 17.3. The molecule has 1 aromatic carbocycles. The monoisotopic (exact) mass is 328 g/mol. The minimum atomic E-state index is -0.380. The van der Waals surface area contributed by atoms with E-state index >= 15 is 0 Å². The number of nitrogens with one attached hydrogen (secondary N) is 1. The predicted octanol–water partition coefficient (Wildman–Crippen LogP) is 1.73. The molecule has 1 fully saturated rings. The molecule has 2 heterocycles. The molecule has 1 atom stereocenters. The molecule has 0 bridgehead atoms. The van der Waals surface area contributed by atoms with E-state index in [2.05, 4.69) is 10.4 Å². The molecular weight excluding hydrogens is 308 g/mol. The zero-order valence-corrected chi connectivity index (χ0v) is 13.9. The molecule has 1 aliphatic heterocycles. The van der Waals surface area contributed by atoms with Crippen molar-refractivity contribution in [3.63, 3.8) is 0 Å². The number of hydrogen-bond donors (Lipinski definition) is 1. The number of carbonyl (C=O) groups excluding carboxylic acids is 2. The molecule has 7 heteroatoms. The van der Waals surface area contributed by atoms with Gasteiger partial charge in [0.1, 0.15) is 11.6 Å². The maximum atomic E-state index is 12.4. The molecule has 7 nitrogen and oxygen atoms in total. The fourth-order valence-electron chi connectivity index (χ4n) is 2.85. The van der Waals surface area contributed by atoms with Gasteiger partial charge < -0.3 is 15.0 Å². The summed E-state index contributed by atoms with van der Waals surface area (Å²) >= 11 is 0.